The van der Waals surface area contributed by atoms with Crippen LogP contribution in [0, 0.1) is 17.7 Å². The van der Waals surface area contributed by atoms with E-state index in [-0.39, 0.29) is 24.1 Å². The van der Waals surface area contributed by atoms with Crippen molar-refractivity contribution in [3.63, 3.8) is 0 Å². The van der Waals surface area contributed by atoms with Gasteiger partial charge in [-0.2, -0.15) is 0 Å². The summed E-state index contributed by atoms with van der Waals surface area (Å²) in [5.74, 6) is 0.788. The first-order valence-corrected chi connectivity index (χ1v) is 7.76. The molecule has 0 bridgehead atoms. The number of hydrogen-bond donors (Lipinski definition) is 1. The molecule has 2 unspecified atom stereocenters. The molecule has 2 rings (SSSR count). The van der Waals surface area contributed by atoms with E-state index in [9.17, 15) is 9.18 Å². The Balaban J connectivity index is 0.00000242. The highest BCUT2D eigenvalue weighted by atomic mass is 35.5. The maximum absolute atomic E-state index is 13.6. The molecule has 1 aromatic carbocycles. The lowest BCUT2D eigenvalue weighted by Crippen LogP contribution is -2.36. The second-order valence-corrected chi connectivity index (χ2v) is 6.13. The maximum atomic E-state index is 13.6. The number of rotatable bonds is 5. The Labute approximate surface area is 138 Å². The fraction of sp³-hybridized carbons (Fsp3) is 0.588. The molecule has 0 radical (unpaired) electrons. The van der Waals surface area contributed by atoms with Crippen molar-refractivity contribution in [2.75, 3.05) is 20.1 Å². The number of hydrogen-bond acceptors (Lipinski definition) is 2. The van der Waals surface area contributed by atoms with E-state index in [4.69, 9.17) is 0 Å². The van der Waals surface area contributed by atoms with Crippen molar-refractivity contribution in [2.45, 2.75) is 32.7 Å². The van der Waals surface area contributed by atoms with Crippen LogP contribution in [0.5, 0.6) is 0 Å². The highest BCUT2D eigenvalue weighted by Crippen LogP contribution is 2.23. The van der Waals surface area contributed by atoms with Gasteiger partial charge in [-0.1, -0.05) is 25.1 Å². The van der Waals surface area contributed by atoms with E-state index in [2.05, 4.69) is 12.2 Å². The third kappa shape index (κ3) is 5.25. The van der Waals surface area contributed by atoms with Crippen molar-refractivity contribution in [1.82, 2.24) is 10.2 Å². The first-order chi connectivity index (χ1) is 10.1. The van der Waals surface area contributed by atoms with Gasteiger partial charge < -0.3 is 10.2 Å². The van der Waals surface area contributed by atoms with Crippen LogP contribution in [-0.4, -0.2) is 30.9 Å². The van der Waals surface area contributed by atoms with Crippen LogP contribution >= 0.6 is 12.4 Å². The fourth-order valence-corrected chi connectivity index (χ4v) is 2.93. The minimum atomic E-state index is -0.248. The third-order valence-electron chi connectivity index (χ3n) is 4.43. The third-order valence-corrected chi connectivity index (χ3v) is 4.43. The van der Waals surface area contributed by atoms with E-state index in [1.165, 1.54) is 18.9 Å². The van der Waals surface area contributed by atoms with Crippen molar-refractivity contribution in [1.29, 1.82) is 0 Å². The highest BCUT2D eigenvalue weighted by Gasteiger charge is 2.23. The van der Waals surface area contributed by atoms with Crippen molar-refractivity contribution >= 4 is 18.3 Å². The van der Waals surface area contributed by atoms with E-state index in [0.29, 0.717) is 30.4 Å². The molecule has 1 fully saturated rings. The summed E-state index contributed by atoms with van der Waals surface area (Å²) >= 11 is 0. The molecule has 0 aromatic heterocycles. The van der Waals surface area contributed by atoms with Crippen molar-refractivity contribution < 1.29 is 9.18 Å². The van der Waals surface area contributed by atoms with Crippen molar-refractivity contribution in [3.05, 3.63) is 35.6 Å². The Morgan fingerprint density at radius 1 is 1.45 bits per heavy atom. The zero-order valence-corrected chi connectivity index (χ0v) is 14.2. The summed E-state index contributed by atoms with van der Waals surface area (Å²) in [6, 6.07) is 6.63. The summed E-state index contributed by atoms with van der Waals surface area (Å²) in [6.45, 7) is 4.57. The van der Waals surface area contributed by atoms with Gasteiger partial charge in [-0.15, -0.1) is 12.4 Å². The molecular weight excluding hydrogens is 303 g/mol. The summed E-state index contributed by atoms with van der Waals surface area (Å²) in [4.78, 5) is 13.9. The highest BCUT2D eigenvalue weighted by molar-refractivity contribution is 5.85. The van der Waals surface area contributed by atoms with E-state index in [1.54, 1.807) is 30.1 Å². The Kier molecular flexibility index (Phi) is 7.83. The smallest absolute Gasteiger partial charge is 0.222 e. The lowest BCUT2D eigenvalue weighted by Gasteiger charge is -2.29. The van der Waals surface area contributed by atoms with Gasteiger partial charge in [-0.3, -0.25) is 4.79 Å². The minimum absolute atomic E-state index is 0. The Morgan fingerprint density at radius 2 is 2.18 bits per heavy atom. The van der Waals surface area contributed by atoms with Crippen LogP contribution in [-0.2, 0) is 11.3 Å². The van der Waals surface area contributed by atoms with Crippen LogP contribution in [0.1, 0.15) is 31.7 Å². The van der Waals surface area contributed by atoms with Gasteiger partial charge in [-0.05, 0) is 43.8 Å². The lowest BCUT2D eigenvalue weighted by atomic mass is 9.85. The summed E-state index contributed by atoms with van der Waals surface area (Å²) < 4.78 is 13.6. The fourth-order valence-electron chi connectivity index (χ4n) is 2.93. The van der Waals surface area contributed by atoms with Gasteiger partial charge in [0.05, 0.1) is 0 Å². The number of nitrogens with one attached hydrogen (secondary N) is 1. The molecule has 0 saturated carbocycles. The molecule has 22 heavy (non-hydrogen) atoms. The average Bonchev–Trinajstić information content (AvgIpc) is 2.50. The molecule has 5 heteroatoms. The molecule has 0 spiro atoms. The van der Waals surface area contributed by atoms with Crippen LogP contribution in [0.3, 0.4) is 0 Å². The molecule has 0 aliphatic carbocycles. The SMILES string of the molecule is CC(CC(=O)N(C)Cc1ccccc1F)C1CCCNC1.Cl. The second-order valence-electron chi connectivity index (χ2n) is 6.13. The number of carbonyl (C=O) groups excluding carboxylic acids is 1. The van der Waals surface area contributed by atoms with Gasteiger partial charge in [0.1, 0.15) is 5.82 Å². The maximum Gasteiger partial charge on any atom is 0.222 e. The van der Waals surface area contributed by atoms with Gasteiger partial charge in [-0.25, -0.2) is 4.39 Å². The van der Waals surface area contributed by atoms with E-state index >= 15 is 0 Å². The van der Waals surface area contributed by atoms with E-state index in [0.717, 1.165) is 13.1 Å². The minimum Gasteiger partial charge on any atom is -0.341 e. The van der Waals surface area contributed by atoms with Gasteiger partial charge in [0.25, 0.3) is 0 Å². The van der Waals surface area contributed by atoms with Crippen LogP contribution in [0.4, 0.5) is 4.39 Å². The number of halogens is 2. The number of amides is 1. The molecule has 1 aromatic rings. The molecule has 1 amide bonds. The largest absolute Gasteiger partial charge is 0.341 e. The van der Waals surface area contributed by atoms with E-state index < -0.39 is 0 Å². The summed E-state index contributed by atoms with van der Waals surface area (Å²) in [7, 11) is 1.75. The quantitative estimate of drug-likeness (QED) is 0.900. The zero-order chi connectivity index (χ0) is 15.2. The molecule has 1 saturated heterocycles. The van der Waals surface area contributed by atoms with Gasteiger partial charge in [0.2, 0.25) is 5.91 Å². The first kappa shape index (κ1) is 18.9. The molecule has 1 N–H and O–H groups in total. The molecule has 124 valence electrons. The number of nitrogens with zero attached hydrogens (tertiary/aromatic N) is 1. The predicted octanol–water partition coefficient (Wildman–Crippen LogP) is 3.23. The second kappa shape index (κ2) is 9.11. The standard InChI is InChI=1S/C17H25FN2O.ClH/c1-13(14-7-5-9-19-11-14)10-17(21)20(2)12-15-6-3-4-8-16(15)18;/h3-4,6,8,13-14,19H,5,7,9-12H2,1-2H3;1H. The normalized spacial score (nSPS) is 19.1. The topological polar surface area (TPSA) is 32.3 Å². The van der Waals surface area contributed by atoms with Crippen LogP contribution in [0.25, 0.3) is 0 Å². The van der Waals surface area contributed by atoms with Crippen molar-refractivity contribution in [2.24, 2.45) is 11.8 Å². The average molecular weight is 329 g/mol. The van der Waals surface area contributed by atoms with E-state index in [1.807, 2.05) is 0 Å². The lowest BCUT2D eigenvalue weighted by molar-refractivity contribution is -0.131. The van der Waals surface area contributed by atoms with Gasteiger partial charge in [0.15, 0.2) is 0 Å². The Bertz CT molecular complexity index is 477. The number of benzene rings is 1. The monoisotopic (exact) mass is 328 g/mol. The van der Waals surface area contributed by atoms with Crippen LogP contribution in [0.2, 0.25) is 0 Å². The van der Waals surface area contributed by atoms with Crippen LogP contribution < -0.4 is 5.32 Å². The van der Waals surface area contributed by atoms with Crippen LogP contribution in [0.15, 0.2) is 24.3 Å². The Morgan fingerprint density at radius 3 is 2.82 bits per heavy atom. The molecule has 2 atom stereocenters. The summed E-state index contributed by atoms with van der Waals surface area (Å²) in [5.41, 5.74) is 0.570. The van der Waals surface area contributed by atoms with Gasteiger partial charge in [0, 0.05) is 25.6 Å². The predicted molar refractivity (Wildman–Crippen MR) is 89.5 cm³/mol. The molecular formula is C17H26ClFN2O. The first-order valence-electron chi connectivity index (χ1n) is 7.76. The van der Waals surface area contributed by atoms with Gasteiger partial charge >= 0.3 is 0 Å². The Hall–Kier alpha value is -1.13. The molecule has 1 aliphatic rings. The number of piperidine rings is 1. The number of carbonyl (C=O) groups is 1. The summed E-state index contributed by atoms with van der Waals surface area (Å²) in [6.07, 6.45) is 2.92. The van der Waals surface area contributed by atoms with Crippen molar-refractivity contribution in [3.8, 4) is 0 Å². The zero-order valence-electron chi connectivity index (χ0n) is 13.3. The molecule has 3 nitrogen and oxygen atoms in total. The summed E-state index contributed by atoms with van der Waals surface area (Å²) in [5, 5.41) is 3.39. The molecule has 1 aliphatic heterocycles. The molecule has 1 heterocycles.